The lowest BCUT2D eigenvalue weighted by molar-refractivity contribution is 0.432. The van der Waals surface area contributed by atoms with E-state index in [1.807, 2.05) is 6.92 Å². The normalized spacial score (nSPS) is 23.4. The maximum absolute atomic E-state index is 5.54. The zero-order valence-corrected chi connectivity index (χ0v) is 7.47. The monoisotopic (exact) mass is 168 g/mol. The molecule has 1 saturated heterocycles. The van der Waals surface area contributed by atoms with Gasteiger partial charge in [-0.2, -0.15) is 0 Å². The van der Waals surface area contributed by atoms with E-state index in [0.29, 0.717) is 13.1 Å². The molecule has 12 heavy (non-hydrogen) atoms. The fraction of sp³-hybridized carbons (Fsp3) is 0.556. The van der Waals surface area contributed by atoms with Gasteiger partial charge in [-0.05, 0) is 18.1 Å². The molecule has 0 aromatic carbocycles. The molecule has 1 atom stereocenters. The summed E-state index contributed by atoms with van der Waals surface area (Å²) in [5.41, 5.74) is 14.2. The molecule has 68 valence electrons. The molecule has 0 bridgehead atoms. The van der Waals surface area contributed by atoms with Gasteiger partial charge in [-0.25, -0.2) is 0 Å². The maximum atomic E-state index is 5.54. The van der Waals surface area contributed by atoms with Crippen LogP contribution in [-0.4, -0.2) is 25.8 Å². The Kier molecular flexibility index (Phi) is 3.03. The molecule has 1 unspecified atom stereocenters. The molecule has 1 fully saturated rings. The fourth-order valence-electron chi connectivity index (χ4n) is 1.24. The summed E-state index contributed by atoms with van der Waals surface area (Å²) in [4.78, 5) is 0. The molecule has 1 rings (SSSR count). The summed E-state index contributed by atoms with van der Waals surface area (Å²) in [6.07, 6.45) is 0.213. The Balaban J connectivity index is 2.79. The summed E-state index contributed by atoms with van der Waals surface area (Å²) in [6.45, 7) is 7.70. The minimum absolute atomic E-state index is 0.213. The van der Waals surface area contributed by atoms with E-state index < -0.39 is 0 Å². The van der Waals surface area contributed by atoms with Gasteiger partial charge in [-0.3, -0.25) is 0 Å². The van der Waals surface area contributed by atoms with Gasteiger partial charge in [0.05, 0.1) is 6.61 Å². The molecule has 3 heteroatoms. The van der Waals surface area contributed by atoms with Crippen molar-refractivity contribution in [2.75, 3.05) is 19.7 Å². The van der Waals surface area contributed by atoms with Crippen molar-refractivity contribution >= 4 is 0 Å². The van der Waals surface area contributed by atoms with Crippen LogP contribution in [0.1, 0.15) is 6.92 Å². The van der Waals surface area contributed by atoms with Crippen LogP contribution in [0.2, 0.25) is 0 Å². The highest BCUT2D eigenvalue weighted by molar-refractivity contribution is 5.39. The molecule has 0 saturated carbocycles. The van der Waals surface area contributed by atoms with Crippen molar-refractivity contribution in [2.24, 2.45) is 11.5 Å². The maximum Gasteiger partial charge on any atom is 0.106 e. The first-order valence-corrected chi connectivity index (χ1v) is 4.10. The van der Waals surface area contributed by atoms with Crippen LogP contribution in [0.15, 0.2) is 23.3 Å². The van der Waals surface area contributed by atoms with Crippen LogP contribution in [0.3, 0.4) is 0 Å². The van der Waals surface area contributed by atoms with E-state index in [1.165, 1.54) is 0 Å². The van der Waals surface area contributed by atoms with Crippen LogP contribution < -0.4 is 11.5 Å². The van der Waals surface area contributed by atoms with Crippen molar-refractivity contribution in [1.29, 1.82) is 0 Å². The first-order chi connectivity index (χ1) is 5.70. The van der Waals surface area contributed by atoms with Gasteiger partial charge < -0.3 is 16.2 Å². The Morgan fingerprint density at radius 1 is 1.50 bits per heavy atom. The second-order valence-electron chi connectivity index (χ2n) is 3.03. The molecule has 0 aromatic rings. The van der Waals surface area contributed by atoms with Gasteiger partial charge in [0.15, 0.2) is 0 Å². The molecule has 0 aliphatic carbocycles. The second-order valence-corrected chi connectivity index (χ2v) is 3.03. The Labute approximate surface area is 73.1 Å². The van der Waals surface area contributed by atoms with Gasteiger partial charge in [0.2, 0.25) is 0 Å². The summed E-state index contributed by atoms with van der Waals surface area (Å²) in [6, 6.07) is 0. The summed E-state index contributed by atoms with van der Waals surface area (Å²) in [5.74, 6) is 0. The first kappa shape index (κ1) is 9.45. The zero-order chi connectivity index (χ0) is 9.14. The molecule has 3 nitrogen and oxygen atoms in total. The highest BCUT2D eigenvalue weighted by Gasteiger charge is 2.29. The lowest BCUT2D eigenvalue weighted by Gasteiger charge is -2.09. The molecular weight excluding hydrogens is 152 g/mol. The van der Waals surface area contributed by atoms with Crippen molar-refractivity contribution < 1.29 is 4.74 Å². The van der Waals surface area contributed by atoms with Crippen molar-refractivity contribution in [2.45, 2.75) is 13.0 Å². The topological polar surface area (TPSA) is 64.6 Å². The standard InChI is InChI=1S/C9H16N2O/c1-6(3-10)9(7(2)4-11)8-5-12-8/h8H,1,3-5,10-11H2,2H3/b9-7-. The highest BCUT2D eigenvalue weighted by Crippen LogP contribution is 2.27. The molecule has 0 spiro atoms. The Hall–Kier alpha value is -0.640. The van der Waals surface area contributed by atoms with Gasteiger partial charge >= 0.3 is 0 Å². The third-order valence-corrected chi connectivity index (χ3v) is 2.05. The van der Waals surface area contributed by atoms with Crippen LogP contribution in [0.5, 0.6) is 0 Å². The number of hydrogen-bond donors (Lipinski definition) is 2. The van der Waals surface area contributed by atoms with Gasteiger partial charge in [-0.1, -0.05) is 12.2 Å². The molecule has 1 heterocycles. The third kappa shape index (κ3) is 1.94. The average Bonchev–Trinajstić information content (AvgIpc) is 2.88. The van der Waals surface area contributed by atoms with E-state index in [4.69, 9.17) is 16.2 Å². The average molecular weight is 168 g/mol. The Bertz CT molecular complexity index is 217. The quantitative estimate of drug-likeness (QED) is 0.465. The minimum Gasteiger partial charge on any atom is -0.368 e. The van der Waals surface area contributed by atoms with Crippen LogP contribution in [0.25, 0.3) is 0 Å². The number of epoxide rings is 1. The smallest absolute Gasteiger partial charge is 0.106 e. The third-order valence-electron chi connectivity index (χ3n) is 2.05. The van der Waals surface area contributed by atoms with E-state index >= 15 is 0 Å². The van der Waals surface area contributed by atoms with Crippen LogP contribution in [-0.2, 0) is 4.74 Å². The van der Waals surface area contributed by atoms with Gasteiger partial charge in [0.25, 0.3) is 0 Å². The van der Waals surface area contributed by atoms with Crippen molar-refractivity contribution in [3.05, 3.63) is 23.3 Å². The fourth-order valence-corrected chi connectivity index (χ4v) is 1.24. The van der Waals surface area contributed by atoms with Crippen molar-refractivity contribution in [3.8, 4) is 0 Å². The zero-order valence-electron chi connectivity index (χ0n) is 7.47. The van der Waals surface area contributed by atoms with Gasteiger partial charge in [0, 0.05) is 13.1 Å². The molecule has 0 aromatic heterocycles. The molecule has 0 radical (unpaired) electrons. The van der Waals surface area contributed by atoms with Gasteiger partial charge in [-0.15, -0.1) is 0 Å². The summed E-state index contributed by atoms with van der Waals surface area (Å²) in [7, 11) is 0. The van der Waals surface area contributed by atoms with Crippen molar-refractivity contribution in [1.82, 2.24) is 0 Å². The van der Waals surface area contributed by atoms with Crippen LogP contribution >= 0.6 is 0 Å². The molecular formula is C9H16N2O. The SMILES string of the molecule is C=C(CN)/C(=C(\C)CN)C1CO1. The molecule has 1 aliphatic rings. The molecule has 0 amide bonds. The summed E-state index contributed by atoms with van der Waals surface area (Å²) >= 11 is 0. The lowest BCUT2D eigenvalue weighted by atomic mass is 9.99. The Morgan fingerprint density at radius 3 is 2.42 bits per heavy atom. The summed E-state index contributed by atoms with van der Waals surface area (Å²) in [5, 5.41) is 0. The van der Waals surface area contributed by atoms with E-state index in [0.717, 1.165) is 23.3 Å². The second kappa shape index (κ2) is 3.85. The predicted octanol–water partition coefficient (Wildman–Crippen LogP) is 0.175. The van der Waals surface area contributed by atoms with Crippen LogP contribution in [0.4, 0.5) is 0 Å². The minimum atomic E-state index is 0.213. The number of rotatable bonds is 4. The van der Waals surface area contributed by atoms with E-state index in [9.17, 15) is 0 Å². The van der Waals surface area contributed by atoms with E-state index in [2.05, 4.69) is 6.58 Å². The van der Waals surface area contributed by atoms with E-state index in [1.54, 1.807) is 0 Å². The summed E-state index contributed by atoms with van der Waals surface area (Å²) < 4.78 is 5.19. The van der Waals surface area contributed by atoms with Crippen molar-refractivity contribution in [3.63, 3.8) is 0 Å². The highest BCUT2D eigenvalue weighted by atomic mass is 16.6. The van der Waals surface area contributed by atoms with E-state index in [-0.39, 0.29) is 6.10 Å². The number of hydrogen-bond acceptors (Lipinski definition) is 3. The molecule has 4 N–H and O–H groups in total. The largest absolute Gasteiger partial charge is 0.368 e. The first-order valence-electron chi connectivity index (χ1n) is 4.10. The molecule has 1 aliphatic heterocycles. The lowest BCUT2D eigenvalue weighted by Crippen LogP contribution is -2.13. The van der Waals surface area contributed by atoms with Crippen LogP contribution in [0, 0.1) is 0 Å². The number of nitrogens with two attached hydrogens (primary N) is 2. The Morgan fingerprint density at radius 2 is 2.08 bits per heavy atom. The predicted molar refractivity (Wildman–Crippen MR) is 49.7 cm³/mol. The number of ether oxygens (including phenoxy) is 1. The van der Waals surface area contributed by atoms with Gasteiger partial charge in [0.1, 0.15) is 6.10 Å².